The lowest BCUT2D eigenvalue weighted by atomic mass is 10.1. The van der Waals surface area contributed by atoms with Crippen LogP contribution in [0.25, 0.3) is 22.4 Å². The molecule has 124 valence electrons. The molecule has 3 nitrogen and oxygen atoms in total. The molecule has 0 aliphatic rings. The second-order valence-corrected chi connectivity index (χ2v) is 6.14. The molecule has 0 atom stereocenters. The number of fused-ring (bicyclic) bond motifs is 1. The van der Waals surface area contributed by atoms with Crippen LogP contribution in [0.5, 0.6) is 5.75 Å². The summed E-state index contributed by atoms with van der Waals surface area (Å²) in [6.45, 7) is 2.84. The summed E-state index contributed by atoms with van der Waals surface area (Å²) in [5.74, 6) is 1.89. The predicted molar refractivity (Wildman–Crippen MR) is 102 cm³/mol. The topological polar surface area (TPSA) is 27.1 Å². The quantitative estimate of drug-likeness (QED) is 0.523. The van der Waals surface area contributed by atoms with E-state index in [1.54, 1.807) is 7.11 Å². The Labute approximate surface area is 147 Å². The summed E-state index contributed by atoms with van der Waals surface area (Å²) in [7, 11) is 1.72. The highest BCUT2D eigenvalue weighted by Crippen LogP contribution is 2.29. The van der Waals surface area contributed by atoms with E-state index in [1.165, 1.54) is 5.56 Å². The predicted octanol–water partition coefficient (Wildman–Crippen LogP) is 5.07. The van der Waals surface area contributed by atoms with Crippen LogP contribution in [0.1, 0.15) is 11.1 Å². The van der Waals surface area contributed by atoms with Gasteiger partial charge in [-0.3, -0.25) is 0 Å². The van der Waals surface area contributed by atoms with Gasteiger partial charge in [-0.2, -0.15) is 0 Å². The molecule has 0 amide bonds. The van der Waals surface area contributed by atoms with E-state index in [0.717, 1.165) is 33.7 Å². The lowest BCUT2D eigenvalue weighted by Gasteiger charge is -2.13. The Morgan fingerprint density at radius 1 is 0.880 bits per heavy atom. The molecule has 0 fully saturated rings. The number of ether oxygens (including phenoxy) is 1. The van der Waals surface area contributed by atoms with Crippen molar-refractivity contribution in [2.45, 2.75) is 13.5 Å². The fourth-order valence-corrected chi connectivity index (χ4v) is 3.27. The van der Waals surface area contributed by atoms with Crippen molar-refractivity contribution < 1.29 is 4.74 Å². The number of para-hydroxylation sites is 3. The zero-order chi connectivity index (χ0) is 17.2. The second-order valence-electron chi connectivity index (χ2n) is 6.14. The van der Waals surface area contributed by atoms with Gasteiger partial charge in [0.2, 0.25) is 0 Å². The highest BCUT2D eigenvalue weighted by atomic mass is 16.5. The molecule has 0 aliphatic heterocycles. The molecule has 0 unspecified atom stereocenters. The lowest BCUT2D eigenvalue weighted by Crippen LogP contribution is -2.04. The molecule has 0 saturated heterocycles. The van der Waals surface area contributed by atoms with Crippen LogP contribution in [0.3, 0.4) is 0 Å². The molecule has 3 heteroatoms. The number of benzene rings is 3. The van der Waals surface area contributed by atoms with Crippen molar-refractivity contribution in [2.24, 2.45) is 0 Å². The first-order valence-electron chi connectivity index (χ1n) is 8.41. The van der Waals surface area contributed by atoms with E-state index in [2.05, 4.69) is 60.0 Å². The molecule has 0 saturated carbocycles. The smallest absolute Gasteiger partial charge is 0.141 e. The third kappa shape index (κ3) is 2.78. The number of rotatable bonds is 4. The first-order valence-corrected chi connectivity index (χ1v) is 8.41. The largest absolute Gasteiger partial charge is 0.496 e. The maximum Gasteiger partial charge on any atom is 0.141 e. The van der Waals surface area contributed by atoms with Gasteiger partial charge in [0, 0.05) is 11.1 Å². The van der Waals surface area contributed by atoms with Gasteiger partial charge in [-0.25, -0.2) is 4.98 Å². The Balaban J connectivity index is 1.93. The van der Waals surface area contributed by atoms with Gasteiger partial charge in [-0.05, 0) is 30.7 Å². The number of hydrogen-bond acceptors (Lipinski definition) is 2. The monoisotopic (exact) mass is 328 g/mol. The minimum Gasteiger partial charge on any atom is -0.496 e. The zero-order valence-corrected chi connectivity index (χ0v) is 14.4. The van der Waals surface area contributed by atoms with Gasteiger partial charge in [0.1, 0.15) is 11.6 Å². The molecule has 0 radical (unpaired) electrons. The van der Waals surface area contributed by atoms with Crippen molar-refractivity contribution in [3.8, 4) is 17.1 Å². The van der Waals surface area contributed by atoms with E-state index in [1.807, 2.05) is 24.3 Å². The highest BCUT2D eigenvalue weighted by molar-refractivity contribution is 5.81. The third-order valence-electron chi connectivity index (χ3n) is 4.56. The lowest BCUT2D eigenvalue weighted by molar-refractivity contribution is 0.408. The Kier molecular flexibility index (Phi) is 3.98. The number of aryl methyl sites for hydroxylation is 1. The molecule has 25 heavy (non-hydrogen) atoms. The van der Waals surface area contributed by atoms with E-state index in [9.17, 15) is 0 Å². The van der Waals surface area contributed by atoms with Crippen LogP contribution in [0.4, 0.5) is 0 Å². The normalized spacial score (nSPS) is 11.0. The van der Waals surface area contributed by atoms with E-state index in [-0.39, 0.29) is 0 Å². The van der Waals surface area contributed by atoms with Crippen molar-refractivity contribution in [3.63, 3.8) is 0 Å². The number of aromatic nitrogens is 2. The summed E-state index contributed by atoms with van der Waals surface area (Å²) in [4.78, 5) is 4.92. The van der Waals surface area contributed by atoms with Gasteiger partial charge in [-0.15, -0.1) is 0 Å². The second kappa shape index (κ2) is 6.44. The summed E-state index contributed by atoms with van der Waals surface area (Å²) in [6, 6.07) is 24.8. The molecule has 0 aliphatic carbocycles. The Hall–Kier alpha value is -3.07. The number of hydrogen-bond donors (Lipinski definition) is 0. The van der Waals surface area contributed by atoms with Gasteiger partial charge in [-0.1, -0.05) is 54.6 Å². The average molecular weight is 328 g/mol. The van der Waals surface area contributed by atoms with E-state index >= 15 is 0 Å². The fraction of sp³-hybridized carbons (Fsp3) is 0.136. The van der Waals surface area contributed by atoms with E-state index in [0.29, 0.717) is 6.54 Å². The summed E-state index contributed by atoms with van der Waals surface area (Å²) < 4.78 is 7.82. The Morgan fingerprint density at radius 2 is 1.60 bits per heavy atom. The van der Waals surface area contributed by atoms with E-state index in [4.69, 9.17) is 9.72 Å². The first-order chi connectivity index (χ1) is 12.3. The SMILES string of the molecule is COc1ccccc1Cn1c(-c2ccccc2C)nc2ccccc21. The average Bonchev–Trinajstić information content (AvgIpc) is 3.01. The molecule has 1 heterocycles. The van der Waals surface area contributed by atoms with E-state index < -0.39 is 0 Å². The maximum absolute atomic E-state index is 5.54. The van der Waals surface area contributed by atoms with Crippen molar-refractivity contribution >= 4 is 11.0 Å². The minimum atomic E-state index is 0.716. The van der Waals surface area contributed by atoms with Crippen LogP contribution >= 0.6 is 0 Å². The van der Waals surface area contributed by atoms with Crippen LogP contribution in [0, 0.1) is 6.92 Å². The molecule has 0 N–H and O–H groups in total. The molecular formula is C22H20N2O. The van der Waals surface area contributed by atoms with Crippen molar-refractivity contribution in [2.75, 3.05) is 7.11 Å². The van der Waals surface area contributed by atoms with Crippen LogP contribution in [0.15, 0.2) is 72.8 Å². The van der Waals surface area contributed by atoms with Gasteiger partial charge in [0.25, 0.3) is 0 Å². The van der Waals surface area contributed by atoms with Crippen molar-refractivity contribution in [1.29, 1.82) is 0 Å². The third-order valence-corrected chi connectivity index (χ3v) is 4.56. The van der Waals surface area contributed by atoms with Crippen LogP contribution in [-0.4, -0.2) is 16.7 Å². The summed E-state index contributed by atoms with van der Waals surface area (Å²) >= 11 is 0. The summed E-state index contributed by atoms with van der Waals surface area (Å²) in [5, 5.41) is 0. The number of imidazole rings is 1. The first kappa shape index (κ1) is 15.5. The fourth-order valence-electron chi connectivity index (χ4n) is 3.27. The van der Waals surface area contributed by atoms with Crippen molar-refractivity contribution in [3.05, 3.63) is 83.9 Å². The molecule has 1 aromatic heterocycles. The molecule has 4 aromatic rings. The Morgan fingerprint density at radius 3 is 2.44 bits per heavy atom. The molecule has 3 aromatic carbocycles. The van der Waals surface area contributed by atoms with Gasteiger partial charge >= 0.3 is 0 Å². The molecule has 0 spiro atoms. The zero-order valence-electron chi connectivity index (χ0n) is 14.4. The van der Waals surface area contributed by atoms with Crippen LogP contribution < -0.4 is 4.74 Å². The van der Waals surface area contributed by atoms with Crippen LogP contribution in [-0.2, 0) is 6.54 Å². The van der Waals surface area contributed by atoms with Crippen LogP contribution in [0.2, 0.25) is 0 Å². The highest BCUT2D eigenvalue weighted by Gasteiger charge is 2.15. The van der Waals surface area contributed by atoms with Gasteiger partial charge in [0.05, 0.1) is 24.7 Å². The van der Waals surface area contributed by atoms with Gasteiger partial charge < -0.3 is 9.30 Å². The summed E-state index contributed by atoms with van der Waals surface area (Å²) in [6.07, 6.45) is 0. The number of methoxy groups -OCH3 is 1. The minimum absolute atomic E-state index is 0.716. The number of nitrogens with zero attached hydrogens (tertiary/aromatic N) is 2. The molecular weight excluding hydrogens is 308 g/mol. The summed E-state index contributed by atoms with van der Waals surface area (Å²) in [5.41, 5.74) is 5.66. The molecule has 4 rings (SSSR count). The maximum atomic E-state index is 5.54. The Bertz CT molecular complexity index is 1030. The van der Waals surface area contributed by atoms with Crippen molar-refractivity contribution in [1.82, 2.24) is 9.55 Å². The standard InChI is InChI=1S/C22H20N2O/c1-16-9-3-5-11-18(16)22-23-19-12-6-7-13-20(19)24(22)15-17-10-4-8-14-21(17)25-2/h3-14H,15H2,1-2H3. The molecule has 0 bridgehead atoms. The van der Waals surface area contributed by atoms with Gasteiger partial charge in [0.15, 0.2) is 0 Å².